The summed E-state index contributed by atoms with van der Waals surface area (Å²) in [4.78, 5) is 38.8. The first-order valence-corrected chi connectivity index (χ1v) is 12.4. The van der Waals surface area contributed by atoms with Crippen LogP contribution >= 0.6 is 23.1 Å². The first-order chi connectivity index (χ1) is 16.4. The largest absolute Gasteiger partial charge is 0.497 e. The number of pyridine rings is 1. The van der Waals surface area contributed by atoms with Gasteiger partial charge in [-0.1, -0.05) is 0 Å². The standard InChI is InChI=1S/C24H24N4O4S2/c1-13-14(2)34-24-20(13)22(30)27-19(28-24)12-33-15(3)21(29)26-18-6-5-11-25-23(18)32-17-9-7-16(31-4)8-10-17/h5-11,15H,12H2,1-4H3,(H,26,29)(H,27,28,30). The molecule has 0 aliphatic rings. The number of thioether (sulfide) groups is 1. The molecule has 10 heteroatoms. The van der Waals surface area contributed by atoms with Gasteiger partial charge in [-0.2, -0.15) is 0 Å². The van der Waals surface area contributed by atoms with E-state index in [1.165, 1.54) is 23.1 Å². The molecular formula is C24H24N4O4S2. The Bertz CT molecular complexity index is 1380. The molecule has 1 atom stereocenters. The molecule has 4 rings (SSSR count). The lowest BCUT2D eigenvalue weighted by Gasteiger charge is -2.14. The van der Waals surface area contributed by atoms with Crippen molar-refractivity contribution in [3.05, 3.63) is 69.2 Å². The van der Waals surface area contributed by atoms with Crippen LogP contribution in [0.2, 0.25) is 0 Å². The second-order valence-corrected chi connectivity index (χ2v) is 10.1. The highest BCUT2D eigenvalue weighted by molar-refractivity contribution is 7.99. The molecule has 34 heavy (non-hydrogen) atoms. The van der Waals surface area contributed by atoms with E-state index in [-0.39, 0.29) is 17.3 Å². The number of anilines is 1. The molecule has 0 spiro atoms. The number of amides is 1. The van der Waals surface area contributed by atoms with Gasteiger partial charge in [0.1, 0.15) is 27.8 Å². The van der Waals surface area contributed by atoms with Gasteiger partial charge in [0.2, 0.25) is 11.8 Å². The molecule has 4 aromatic rings. The highest BCUT2D eigenvalue weighted by Gasteiger charge is 2.18. The summed E-state index contributed by atoms with van der Waals surface area (Å²) in [5, 5.41) is 3.12. The topological polar surface area (TPSA) is 106 Å². The van der Waals surface area contributed by atoms with E-state index in [2.05, 4.69) is 20.3 Å². The number of nitrogens with zero attached hydrogens (tertiary/aromatic N) is 2. The minimum atomic E-state index is -0.401. The number of benzene rings is 1. The molecular weight excluding hydrogens is 472 g/mol. The van der Waals surface area contributed by atoms with Crippen LogP contribution in [-0.2, 0) is 10.5 Å². The van der Waals surface area contributed by atoms with Gasteiger partial charge in [-0.25, -0.2) is 9.97 Å². The Morgan fingerprint density at radius 1 is 1.21 bits per heavy atom. The fourth-order valence-electron chi connectivity index (χ4n) is 3.20. The summed E-state index contributed by atoms with van der Waals surface area (Å²) < 4.78 is 11.0. The van der Waals surface area contributed by atoms with E-state index in [0.717, 1.165) is 15.3 Å². The third-order valence-corrected chi connectivity index (χ3v) is 7.49. The highest BCUT2D eigenvalue weighted by Crippen LogP contribution is 2.29. The molecule has 1 amide bonds. The molecule has 3 aromatic heterocycles. The summed E-state index contributed by atoms with van der Waals surface area (Å²) in [6, 6.07) is 10.5. The van der Waals surface area contributed by atoms with Crippen LogP contribution in [0.5, 0.6) is 17.4 Å². The molecule has 0 aliphatic heterocycles. The van der Waals surface area contributed by atoms with Crippen LogP contribution in [0.15, 0.2) is 47.4 Å². The summed E-state index contributed by atoms with van der Waals surface area (Å²) in [6.45, 7) is 5.71. The van der Waals surface area contributed by atoms with Crippen LogP contribution < -0.4 is 20.3 Å². The summed E-state index contributed by atoms with van der Waals surface area (Å²) in [5.41, 5.74) is 1.29. The molecule has 0 aliphatic carbocycles. The normalized spacial score (nSPS) is 11.9. The first kappa shape index (κ1) is 23.8. The number of thiophene rings is 1. The minimum absolute atomic E-state index is 0.143. The van der Waals surface area contributed by atoms with Crippen LogP contribution in [0.4, 0.5) is 5.69 Å². The summed E-state index contributed by atoms with van der Waals surface area (Å²) in [6.07, 6.45) is 1.60. The summed E-state index contributed by atoms with van der Waals surface area (Å²) >= 11 is 2.89. The smallest absolute Gasteiger partial charge is 0.259 e. The molecule has 1 aromatic carbocycles. The van der Waals surface area contributed by atoms with Crippen molar-refractivity contribution in [2.75, 3.05) is 12.4 Å². The fourth-order valence-corrected chi connectivity index (χ4v) is 5.01. The Labute approximate surface area is 204 Å². The molecule has 1 unspecified atom stereocenters. The Morgan fingerprint density at radius 3 is 2.68 bits per heavy atom. The summed E-state index contributed by atoms with van der Waals surface area (Å²) in [7, 11) is 1.59. The third kappa shape index (κ3) is 5.23. The zero-order valence-corrected chi connectivity index (χ0v) is 20.8. The second-order valence-electron chi connectivity index (χ2n) is 7.55. The lowest BCUT2D eigenvalue weighted by Crippen LogP contribution is -2.23. The number of carbonyl (C=O) groups is 1. The number of nitrogens with one attached hydrogen (secondary N) is 2. The fraction of sp³-hybridized carbons (Fsp3) is 0.250. The molecule has 0 saturated heterocycles. The zero-order valence-electron chi connectivity index (χ0n) is 19.2. The average Bonchev–Trinajstić information content (AvgIpc) is 3.12. The molecule has 3 heterocycles. The van der Waals surface area contributed by atoms with Crippen molar-refractivity contribution in [3.63, 3.8) is 0 Å². The van der Waals surface area contributed by atoms with E-state index in [9.17, 15) is 9.59 Å². The van der Waals surface area contributed by atoms with Gasteiger partial charge < -0.3 is 19.8 Å². The Morgan fingerprint density at radius 2 is 1.94 bits per heavy atom. The number of aryl methyl sites for hydroxylation is 2. The molecule has 0 saturated carbocycles. The van der Waals surface area contributed by atoms with E-state index in [4.69, 9.17) is 9.47 Å². The number of hydrogen-bond acceptors (Lipinski definition) is 8. The van der Waals surface area contributed by atoms with Gasteiger partial charge in [0.25, 0.3) is 5.56 Å². The van der Waals surface area contributed by atoms with Crippen molar-refractivity contribution in [1.29, 1.82) is 0 Å². The number of fused-ring (bicyclic) bond motifs is 1. The van der Waals surface area contributed by atoms with Crippen molar-refractivity contribution >= 4 is 44.9 Å². The van der Waals surface area contributed by atoms with Gasteiger partial charge in [0.05, 0.1) is 23.5 Å². The number of rotatable bonds is 8. The molecule has 0 radical (unpaired) electrons. The van der Waals surface area contributed by atoms with E-state index >= 15 is 0 Å². The number of methoxy groups -OCH3 is 1. The van der Waals surface area contributed by atoms with Crippen molar-refractivity contribution in [2.24, 2.45) is 0 Å². The first-order valence-electron chi connectivity index (χ1n) is 10.5. The van der Waals surface area contributed by atoms with Gasteiger partial charge in [-0.15, -0.1) is 23.1 Å². The van der Waals surface area contributed by atoms with Gasteiger partial charge >= 0.3 is 0 Å². The highest BCUT2D eigenvalue weighted by atomic mass is 32.2. The maximum Gasteiger partial charge on any atom is 0.259 e. The lowest BCUT2D eigenvalue weighted by atomic mass is 10.2. The Hall–Kier alpha value is -3.37. The summed E-state index contributed by atoms with van der Waals surface area (Å²) in [5.74, 6) is 2.32. The Balaban J connectivity index is 1.41. The van der Waals surface area contributed by atoms with Crippen LogP contribution in [-0.4, -0.2) is 33.2 Å². The minimum Gasteiger partial charge on any atom is -0.497 e. The Kier molecular flexibility index (Phi) is 7.18. The SMILES string of the molecule is COc1ccc(Oc2ncccc2NC(=O)C(C)SCc2nc3sc(C)c(C)c3c(=O)[nH]2)cc1. The molecule has 0 fully saturated rings. The predicted octanol–water partition coefficient (Wildman–Crippen LogP) is 5.06. The van der Waals surface area contributed by atoms with E-state index in [0.29, 0.717) is 34.1 Å². The van der Waals surface area contributed by atoms with Crippen LogP contribution in [0, 0.1) is 13.8 Å². The lowest BCUT2D eigenvalue weighted by molar-refractivity contribution is -0.115. The van der Waals surface area contributed by atoms with E-state index in [1.807, 2.05) is 13.8 Å². The van der Waals surface area contributed by atoms with E-state index < -0.39 is 5.25 Å². The molecule has 2 N–H and O–H groups in total. The van der Waals surface area contributed by atoms with Crippen molar-refractivity contribution in [1.82, 2.24) is 15.0 Å². The van der Waals surface area contributed by atoms with Gasteiger partial charge in [0.15, 0.2) is 0 Å². The number of ether oxygens (including phenoxy) is 2. The van der Waals surface area contributed by atoms with Crippen LogP contribution in [0.1, 0.15) is 23.2 Å². The predicted molar refractivity (Wildman–Crippen MR) is 136 cm³/mol. The van der Waals surface area contributed by atoms with Crippen molar-refractivity contribution in [2.45, 2.75) is 31.8 Å². The number of aromatic nitrogens is 3. The van der Waals surface area contributed by atoms with Gasteiger partial charge in [-0.3, -0.25) is 9.59 Å². The average molecular weight is 497 g/mol. The number of hydrogen-bond donors (Lipinski definition) is 2. The molecule has 0 bridgehead atoms. The van der Waals surface area contributed by atoms with Crippen molar-refractivity contribution in [3.8, 4) is 17.4 Å². The number of H-pyrrole nitrogens is 1. The maximum atomic E-state index is 12.8. The second kappa shape index (κ2) is 10.3. The van der Waals surface area contributed by atoms with Gasteiger partial charge in [0, 0.05) is 11.1 Å². The van der Waals surface area contributed by atoms with E-state index in [1.54, 1.807) is 56.6 Å². The zero-order chi connectivity index (χ0) is 24.2. The quantitative estimate of drug-likeness (QED) is 0.351. The third-order valence-electron chi connectivity index (χ3n) is 5.23. The van der Waals surface area contributed by atoms with Crippen molar-refractivity contribution < 1.29 is 14.3 Å². The maximum absolute atomic E-state index is 12.8. The number of aromatic amines is 1. The van der Waals surface area contributed by atoms with Gasteiger partial charge in [-0.05, 0) is 62.7 Å². The monoisotopic (exact) mass is 496 g/mol. The van der Waals surface area contributed by atoms with Crippen LogP contribution in [0.25, 0.3) is 10.2 Å². The van der Waals surface area contributed by atoms with Crippen LogP contribution in [0.3, 0.4) is 0 Å². The molecule has 8 nitrogen and oxygen atoms in total. The number of carbonyl (C=O) groups excluding carboxylic acids is 1. The molecule has 176 valence electrons.